The van der Waals surface area contributed by atoms with Gasteiger partial charge in [0.05, 0.1) is 12.7 Å². The number of ether oxygens (including phenoxy) is 1. The molecule has 1 saturated heterocycles. The van der Waals surface area contributed by atoms with E-state index in [4.69, 9.17) is 15.7 Å². The predicted octanol–water partition coefficient (Wildman–Crippen LogP) is 0.642. The van der Waals surface area contributed by atoms with Crippen LogP contribution in [0.5, 0.6) is 0 Å². The van der Waals surface area contributed by atoms with Gasteiger partial charge in [-0.1, -0.05) is 17.3 Å². The molecule has 1 atom stereocenters. The van der Waals surface area contributed by atoms with E-state index in [-0.39, 0.29) is 17.8 Å². The third-order valence-corrected chi connectivity index (χ3v) is 3.06. The first-order valence-electron chi connectivity index (χ1n) is 6.10. The molecule has 6 nitrogen and oxygen atoms in total. The Bertz CT molecular complexity index is 484. The van der Waals surface area contributed by atoms with Crippen molar-refractivity contribution in [3.63, 3.8) is 0 Å². The molecular weight excluding hydrogens is 246 g/mol. The Balaban J connectivity index is 2.11. The van der Waals surface area contributed by atoms with E-state index < -0.39 is 0 Å². The Hall–Kier alpha value is -2.08. The van der Waals surface area contributed by atoms with Gasteiger partial charge in [0.25, 0.3) is 5.91 Å². The van der Waals surface area contributed by atoms with Gasteiger partial charge in [-0.3, -0.25) is 4.79 Å². The molecule has 102 valence electrons. The normalized spacial score (nSPS) is 20.4. The summed E-state index contributed by atoms with van der Waals surface area (Å²) in [5.74, 6) is 0.000187. The number of morpholine rings is 1. The van der Waals surface area contributed by atoms with Crippen molar-refractivity contribution in [2.24, 2.45) is 10.9 Å². The Labute approximate surface area is 111 Å². The Morgan fingerprint density at radius 3 is 2.63 bits per heavy atom. The number of oxime groups is 1. The number of nitrogens with two attached hydrogens (primary N) is 1. The fraction of sp³-hybridized carbons (Fsp3) is 0.385. The Kier molecular flexibility index (Phi) is 4.01. The molecular formula is C13H17N3O3. The van der Waals surface area contributed by atoms with Gasteiger partial charge in [-0.2, -0.15) is 0 Å². The highest BCUT2D eigenvalue weighted by Crippen LogP contribution is 2.11. The van der Waals surface area contributed by atoms with Crippen molar-refractivity contribution in [2.45, 2.75) is 13.0 Å². The van der Waals surface area contributed by atoms with E-state index in [0.717, 1.165) is 0 Å². The number of nitrogens with zero attached hydrogens (tertiary/aromatic N) is 2. The van der Waals surface area contributed by atoms with Crippen LogP contribution in [0.2, 0.25) is 0 Å². The lowest BCUT2D eigenvalue weighted by molar-refractivity contribution is -0.0124. The van der Waals surface area contributed by atoms with Crippen LogP contribution in [-0.2, 0) is 4.74 Å². The zero-order chi connectivity index (χ0) is 13.8. The summed E-state index contributed by atoms with van der Waals surface area (Å²) in [6.07, 6.45) is 0.0640. The minimum absolute atomic E-state index is 0.0267. The lowest BCUT2D eigenvalue weighted by Crippen LogP contribution is -2.44. The van der Waals surface area contributed by atoms with Crippen LogP contribution in [0.3, 0.4) is 0 Å². The van der Waals surface area contributed by atoms with E-state index in [0.29, 0.717) is 30.8 Å². The summed E-state index contributed by atoms with van der Waals surface area (Å²) in [4.78, 5) is 14.0. The van der Waals surface area contributed by atoms with Gasteiger partial charge in [0.1, 0.15) is 0 Å². The molecule has 1 heterocycles. The Morgan fingerprint density at radius 2 is 2.05 bits per heavy atom. The van der Waals surface area contributed by atoms with Crippen LogP contribution in [0.1, 0.15) is 22.8 Å². The second kappa shape index (κ2) is 5.71. The molecule has 6 heteroatoms. The molecule has 0 saturated carbocycles. The van der Waals surface area contributed by atoms with Crippen LogP contribution in [0.4, 0.5) is 0 Å². The molecule has 0 spiro atoms. The van der Waals surface area contributed by atoms with Crippen LogP contribution in [0.15, 0.2) is 29.4 Å². The largest absolute Gasteiger partial charge is 0.409 e. The van der Waals surface area contributed by atoms with Crippen molar-refractivity contribution >= 4 is 11.7 Å². The van der Waals surface area contributed by atoms with Crippen molar-refractivity contribution in [2.75, 3.05) is 19.7 Å². The van der Waals surface area contributed by atoms with E-state index in [1.807, 2.05) is 6.92 Å². The first-order chi connectivity index (χ1) is 9.11. The van der Waals surface area contributed by atoms with Crippen molar-refractivity contribution in [3.05, 3.63) is 35.4 Å². The van der Waals surface area contributed by atoms with Gasteiger partial charge >= 0.3 is 0 Å². The number of benzene rings is 1. The highest BCUT2D eigenvalue weighted by molar-refractivity contribution is 5.99. The first kappa shape index (κ1) is 13.4. The quantitative estimate of drug-likeness (QED) is 0.355. The fourth-order valence-corrected chi connectivity index (χ4v) is 2.03. The number of amidine groups is 1. The zero-order valence-electron chi connectivity index (χ0n) is 10.7. The maximum atomic E-state index is 12.3. The number of hydrogen-bond acceptors (Lipinski definition) is 4. The molecule has 19 heavy (non-hydrogen) atoms. The van der Waals surface area contributed by atoms with Crippen LogP contribution in [0, 0.1) is 0 Å². The van der Waals surface area contributed by atoms with Crippen molar-refractivity contribution in [1.29, 1.82) is 0 Å². The fourth-order valence-electron chi connectivity index (χ4n) is 2.03. The van der Waals surface area contributed by atoms with Crippen LogP contribution < -0.4 is 5.73 Å². The monoisotopic (exact) mass is 263 g/mol. The molecule has 1 aliphatic heterocycles. The molecule has 1 amide bonds. The maximum Gasteiger partial charge on any atom is 0.254 e. The zero-order valence-corrected chi connectivity index (χ0v) is 10.7. The second-order valence-electron chi connectivity index (χ2n) is 4.50. The molecule has 2 rings (SSSR count). The van der Waals surface area contributed by atoms with Crippen LogP contribution in [0.25, 0.3) is 0 Å². The summed E-state index contributed by atoms with van der Waals surface area (Å²) in [5, 5.41) is 11.5. The average molecular weight is 263 g/mol. The standard InChI is InChI=1S/C13H17N3O3/c1-9-8-16(6-7-19-9)13(17)11-4-2-10(3-5-11)12(14)15-18/h2-5,9,18H,6-8H2,1H3,(H2,14,15). The molecule has 0 bridgehead atoms. The van der Waals surface area contributed by atoms with Crippen LogP contribution >= 0.6 is 0 Å². The number of carbonyl (C=O) groups is 1. The second-order valence-corrected chi connectivity index (χ2v) is 4.50. The maximum absolute atomic E-state index is 12.3. The molecule has 0 aromatic heterocycles. The van der Waals surface area contributed by atoms with Crippen molar-refractivity contribution in [3.8, 4) is 0 Å². The number of hydrogen-bond donors (Lipinski definition) is 2. The summed E-state index contributed by atoms with van der Waals surface area (Å²) in [5.41, 5.74) is 6.63. The van der Waals surface area contributed by atoms with E-state index in [9.17, 15) is 4.79 Å². The number of carbonyl (C=O) groups excluding carboxylic acids is 1. The summed E-state index contributed by atoms with van der Waals surface area (Å²) in [6.45, 7) is 3.71. The average Bonchev–Trinajstić information content (AvgIpc) is 2.46. The Morgan fingerprint density at radius 1 is 1.42 bits per heavy atom. The van der Waals surface area contributed by atoms with Crippen molar-refractivity contribution < 1.29 is 14.7 Å². The van der Waals surface area contributed by atoms with Gasteiger partial charge in [-0.25, -0.2) is 0 Å². The number of rotatable bonds is 2. The van der Waals surface area contributed by atoms with Gasteiger partial charge in [0.2, 0.25) is 0 Å². The SMILES string of the molecule is CC1CN(C(=O)c2ccc(/C(N)=N/O)cc2)CCO1. The van der Waals surface area contributed by atoms with E-state index in [1.54, 1.807) is 29.2 Å². The molecule has 1 aliphatic rings. The third-order valence-electron chi connectivity index (χ3n) is 3.06. The highest BCUT2D eigenvalue weighted by Gasteiger charge is 2.22. The van der Waals surface area contributed by atoms with Crippen LogP contribution in [-0.4, -0.2) is 47.7 Å². The highest BCUT2D eigenvalue weighted by atomic mass is 16.5. The summed E-state index contributed by atoms with van der Waals surface area (Å²) >= 11 is 0. The molecule has 1 unspecified atom stereocenters. The summed E-state index contributed by atoms with van der Waals surface area (Å²) in [6, 6.07) is 6.67. The topological polar surface area (TPSA) is 88.2 Å². The van der Waals surface area contributed by atoms with Gasteiger partial charge in [-0.15, -0.1) is 0 Å². The van der Waals surface area contributed by atoms with Crippen molar-refractivity contribution in [1.82, 2.24) is 4.90 Å². The van der Waals surface area contributed by atoms with E-state index in [1.165, 1.54) is 0 Å². The smallest absolute Gasteiger partial charge is 0.254 e. The number of amides is 1. The lowest BCUT2D eigenvalue weighted by atomic mass is 10.1. The molecule has 0 aliphatic carbocycles. The molecule has 1 fully saturated rings. The molecule has 1 aromatic rings. The van der Waals surface area contributed by atoms with Gasteiger partial charge in [0.15, 0.2) is 5.84 Å². The third kappa shape index (κ3) is 3.03. The molecule has 1 aromatic carbocycles. The lowest BCUT2D eigenvalue weighted by Gasteiger charge is -2.31. The molecule has 0 radical (unpaired) electrons. The first-order valence-corrected chi connectivity index (χ1v) is 6.10. The van der Waals surface area contributed by atoms with Gasteiger partial charge in [-0.05, 0) is 19.1 Å². The minimum atomic E-state index is -0.0267. The van der Waals surface area contributed by atoms with Gasteiger partial charge < -0.3 is 20.6 Å². The van der Waals surface area contributed by atoms with E-state index >= 15 is 0 Å². The van der Waals surface area contributed by atoms with E-state index in [2.05, 4.69) is 5.16 Å². The summed E-state index contributed by atoms with van der Waals surface area (Å²) in [7, 11) is 0. The summed E-state index contributed by atoms with van der Waals surface area (Å²) < 4.78 is 5.41. The molecule has 3 N–H and O–H groups in total. The predicted molar refractivity (Wildman–Crippen MR) is 70.3 cm³/mol. The minimum Gasteiger partial charge on any atom is -0.409 e. The van der Waals surface area contributed by atoms with Gasteiger partial charge in [0, 0.05) is 24.2 Å².